The molecule has 104 valence electrons. The average molecular weight is 269 g/mol. The highest BCUT2D eigenvalue weighted by Crippen LogP contribution is 2.40. The van der Waals surface area contributed by atoms with Crippen molar-refractivity contribution in [2.45, 2.75) is 31.6 Å². The fraction of sp³-hybridized carbons (Fsp3) is 0.353. The second-order valence-electron chi connectivity index (χ2n) is 5.16. The molecule has 20 heavy (non-hydrogen) atoms. The molecule has 1 aromatic carbocycles. The highest BCUT2D eigenvalue weighted by molar-refractivity contribution is 5.43. The Hall–Kier alpha value is -2.03. The summed E-state index contributed by atoms with van der Waals surface area (Å²) in [4.78, 5) is 4.19. The second kappa shape index (κ2) is 5.95. The molecule has 1 aromatic heterocycles. The number of methoxy groups -OCH3 is 1. The molecule has 0 radical (unpaired) electrons. The molecule has 0 aliphatic heterocycles. The molecule has 1 heterocycles. The van der Waals surface area contributed by atoms with E-state index in [4.69, 9.17) is 9.47 Å². The summed E-state index contributed by atoms with van der Waals surface area (Å²) in [5, 5.41) is 0. The van der Waals surface area contributed by atoms with Gasteiger partial charge in [0.15, 0.2) is 0 Å². The zero-order chi connectivity index (χ0) is 13.8. The van der Waals surface area contributed by atoms with Gasteiger partial charge in [-0.2, -0.15) is 0 Å². The minimum absolute atomic E-state index is 0.595. The quantitative estimate of drug-likeness (QED) is 0.816. The largest absolute Gasteiger partial charge is 0.496 e. The van der Waals surface area contributed by atoms with E-state index < -0.39 is 0 Å². The highest BCUT2D eigenvalue weighted by Gasteiger charge is 2.21. The van der Waals surface area contributed by atoms with Crippen molar-refractivity contribution in [2.24, 2.45) is 0 Å². The molecular formula is C17H19NO2. The molecule has 0 bridgehead atoms. The Kier molecular flexibility index (Phi) is 3.86. The van der Waals surface area contributed by atoms with Crippen molar-refractivity contribution in [1.29, 1.82) is 0 Å². The van der Waals surface area contributed by atoms with E-state index in [0.29, 0.717) is 11.8 Å². The van der Waals surface area contributed by atoms with Crippen LogP contribution in [0.5, 0.6) is 17.4 Å². The van der Waals surface area contributed by atoms with Gasteiger partial charge >= 0.3 is 0 Å². The zero-order valence-corrected chi connectivity index (χ0v) is 11.7. The Labute approximate surface area is 119 Å². The van der Waals surface area contributed by atoms with Gasteiger partial charge < -0.3 is 9.47 Å². The summed E-state index contributed by atoms with van der Waals surface area (Å²) < 4.78 is 11.3. The molecule has 0 spiro atoms. The number of aromatic nitrogens is 1. The predicted octanol–water partition coefficient (Wildman–Crippen LogP) is 4.54. The minimum atomic E-state index is 0.595. The van der Waals surface area contributed by atoms with Crippen LogP contribution in [-0.2, 0) is 0 Å². The van der Waals surface area contributed by atoms with Crippen molar-refractivity contribution in [3.8, 4) is 17.4 Å². The molecule has 3 heteroatoms. The number of rotatable bonds is 4. The van der Waals surface area contributed by atoms with E-state index in [1.54, 1.807) is 13.3 Å². The number of benzene rings is 1. The molecule has 0 atom stereocenters. The number of pyridine rings is 1. The Balaban J connectivity index is 1.87. The first-order chi connectivity index (χ1) is 9.86. The summed E-state index contributed by atoms with van der Waals surface area (Å²) in [6.07, 6.45) is 6.82. The monoisotopic (exact) mass is 269 g/mol. The summed E-state index contributed by atoms with van der Waals surface area (Å²) in [6, 6.07) is 11.7. The Bertz CT molecular complexity index is 562. The van der Waals surface area contributed by atoms with Gasteiger partial charge in [-0.3, -0.25) is 0 Å². The van der Waals surface area contributed by atoms with Crippen molar-refractivity contribution >= 4 is 0 Å². The summed E-state index contributed by atoms with van der Waals surface area (Å²) in [6.45, 7) is 0. The molecular weight excluding hydrogens is 250 g/mol. The molecule has 2 aromatic rings. The van der Waals surface area contributed by atoms with E-state index in [1.165, 1.54) is 31.2 Å². The summed E-state index contributed by atoms with van der Waals surface area (Å²) in [7, 11) is 1.73. The Morgan fingerprint density at radius 1 is 1.10 bits per heavy atom. The van der Waals surface area contributed by atoms with Crippen molar-refractivity contribution < 1.29 is 9.47 Å². The van der Waals surface area contributed by atoms with Gasteiger partial charge in [0.1, 0.15) is 11.5 Å². The standard InChI is InChI=1S/C17H19NO2/c1-19-16-10-9-14(20-17-8-4-5-11-18-17)12-15(16)13-6-2-3-7-13/h4-5,8-13H,2-3,6-7H2,1H3. The van der Waals surface area contributed by atoms with Crippen molar-refractivity contribution in [3.05, 3.63) is 48.2 Å². The van der Waals surface area contributed by atoms with Gasteiger partial charge in [0, 0.05) is 17.8 Å². The predicted molar refractivity (Wildman–Crippen MR) is 78.5 cm³/mol. The van der Waals surface area contributed by atoms with Crippen LogP contribution in [0.15, 0.2) is 42.6 Å². The normalized spacial score (nSPS) is 15.2. The van der Waals surface area contributed by atoms with Gasteiger partial charge in [-0.1, -0.05) is 18.9 Å². The zero-order valence-electron chi connectivity index (χ0n) is 11.7. The van der Waals surface area contributed by atoms with Gasteiger partial charge in [-0.05, 0) is 43.0 Å². The maximum Gasteiger partial charge on any atom is 0.219 e. The third kappa shape index (κ3) is 2.77. The topological polar surface area (TPSA) is 31.4 Å². The third-order valence-corrected chi connectivity index (χ3v) is 3.86. The lowest BCUT2D eigenvalue weighted by Crippen LogP contribution is -1.98. The van der Waals surface area contributed by atoms with E-state index in [-0.39, 0.29) is 0 Å². The van der Waals surface area contributed by atoms with Gasteiger partial charge in [0.05, 0.1) is 7.11 Å². The maximum absolute atomic E-state index is 5.81. The van der Waals surface area contributed by atoms with Gasteiger partial charge in [-0.15, -0.1) is 0 Å². The fourth-order valence-electron chi connectivity index (χ4n) is 2.86. The highest BCUT2D eigenvalue weighted by atomic mass is 16.5. The lowest BCUT2D eigenvalue weighted by molar-refractivity contribution is 0.402. The Morgan fingerprint density at radius 3 is 2.65 bits per heavy atom. The van der Waals surface area contributed by atoms with Crippen LogP contribution in [0, 0.1) is 0 Å². The number of hydrogen-bond donors (Lipinski definition) is 0. The smallest absolute Gasteiger partial charge is 0.219 e. The van der Waals surface area contributed by atoms with Gasteiger partial charge in [0.25, 0.3) is 0 Å². The molecule has 1 aliphatic carbocycles. The van der Waals surface area contributed by atoms with Crippen LogP contribution in [0.4, 0.5) is 0 Å². The summed E-state index contributed by atoms with van der Waals surface area (Å²) in [5.41, 5.74) is 1.26. The van der Waals surface area contributed by atoms with Crippen LogP contribution < -0.4 is 9.47 Å². The van der Waals surface area contributed by atoms with Crippen LogP contribution in [-0.4, -0.2) is 12.1 Å². The third-order valence-electron chi connectivity index (χ3n) is 3.86. The van der Waals surface area contributed by atoms with Crippen LogP contribution in [0.1, 0.15) is 37.2 Å². The molecule has 0 amide bonds. The molecule has 1 saturated carbocycles. The summed E-state index contributed by atoms with van der Waals surface area (Å²) in [5.74, 6) is 3.00. The SMILES string of the molecule is COc1ccc(Oc2ccccn2)cc1C1CCCC1. The minimum Gasteiger partial charge on any atom is -0.496 e. The number of hydrogen-bond acceptors (Lipinski definition) is 3. The van der Waals surface area contributed by atoms with E-state index >= 15 is 0 Å². The average Bonchev–Trinajstić information content (AvgIpc) is 3.02. The number of ether oxygens (including phenoxy) is 2. The van der Waals surface area contributed by atoms with Gasteiger partial charge in [-0.25, -0.2) is 4.98 Å². The van der Waals surface area contributed by atoms with Crippen LogP contribution in [0.3, 0.4) is 0 Å². The lowest BCUT2D eigenvalue weighted by Gasteiger charge is -2.16. The molecule has 0 N–H and O–H groups in total. The maximum atomic E-state index is 5.81. The molecule has 0 unspecified atom stereocenters. The molecule has 3 nitrogen and oxygen atoms in total. The number of nitrogens with zero attached hydrogens (tertiary/aromatic N) is 1. The van der Waals surface area contributed by atoms with Crippen LogP contribution >= 0.6 is 0 Å². The molecule has 0 saturated heterocycles. The van der Waals surface area contributed by atoms with Crippen LogP contribution in [0.2, 0.25) is 0 Å². The van der Waals surface area contributed by atoms with Crippen LogP contribution in [0.25, 0.3) is 0 Å². The fourth-order valence-corrected chi connectivity index (χ4v) is 2.86. The molecule has 3 rings (SSSR count). The van der Waals surface area contributed by atoms with E-state index in [1.807, 2.05) is 30.3 Å². The van der Waals surface area contributed by atoms with E-state index in [2.05, 4.69) is 11.1 Å². The first-order valence-corrected chi connectivity index (χ1v) is 7.13. The van der Waals surface area contributed by atoms with E-state index in [9.17, 15) is 0 Å². The second-order valence-corrected chi connectivity index (χ2v) is 5.16. The molecule has 1 aliphatic rings. The first-order valence-electron chi connectivity index (χ1n) is 7.13. The Morgan fingerprint density at radius 2 is 1.95 bits per heavy atom. The first kappa shape index (κ1) is 13.0. The molecule has 1 fully saturated rings. The van der Waals surface area contributed by atoms with Crippen molar-refractivity contribution in [1.82, 2.24) is 4.98 Å². The van der Waals surface area contributed by atoms with Crippen molar-refractivity contribution in [3.63, 3.8) is 0 Å². The van der Waals surface area contributed by atoms with E-state index in [0.717, 1.165) is 11.5 Å². The summed E-state index contributed by atoms with van der Waals surface area (Å²) >= 11 is 0. The lowest BCUT2D eigenvalue weighted by atomic mass is 9.96. The van der Waals surface area contributed by atoms with Crippen molar-refractivity contribution in [2.75, 3.05) is 7.11 Å². The van der Waals surface area contributed by atoms with Gasteiger partial charge in [0.2, 0.25) is 5.88 Å².